The molecule has 1 fully saturated rings. The molecule has 1 saturated heterocycles. The molecule has 168 valence electrons. The van der Waals surface area contributed by atoms with E-state index in [-0.39, 0.29) is 22.9 Å². The van der Waals surface area contributed by atoms with Gasteiger partial charge in [-0.3, -0.25) is 9.69 Å². The number of nitrogens with one attached hydrogen (secondary N) is 2. The van der Waals surface area contributed by atoms with Crippen LogP contribution in [0, 0.1) is 0 Å². The van der Waals surface area contributed by atoms with Gasteiger partial charge in [0.25, 0.3) is 5.91 Å². The number of ether oxygens (including phenoxy) is 2. The Morgan fingerprint density at radius 3 is 2.68 bits per heavy atom. The van der Waals surface area contributed by atoms with Crippen molar-refractivity contribution in [1.82, 2.24) is 14.9 Å². The van der Waals surface area contributed by atoms with Gasteiger partial charge in [0.1, 0.15) is 12.4 Å². The van der Waals surface area contributed by atoms with Gasteiger partial charge in [0.2, 0.25) is 10.0 Å². The number of carbonyl (C=O) groups is 1. The average molecular weight is 448 g/mol. The maximum absolute atomic E-state index is 12.5. The summed E-state index contributed by atoms with van der Waals surface area (Å²) in [5, 5.41) is 2.83. The highest BCUT2D eigenvalue weighted by Gasteiger charge is 2.15. The third-order valence-electron chi connectivity index (χ3n) is 4.87. The number of carbonyl (C=O) groups excluding carboxylic acids is 1. The molecule has 2 N–H and O–H groups in total. The Balaban J connectivity index is 1.53. The normalized spacial score (nSPS) is 14.9. The van der Waals surface area contributed by atoms with Crippen molar-refractivity contribution in [3.63, 3.8) is 0 Å². The molecule has 9 heteroatoms. The standard InChI is InChI=1S/C22H29N3O5S/c1-2-24-31(27,28)21-8-4-6-19(16-21)22(26)23-17-18-5-3-7-20(15-18)30-14-11-25-9-12-29-13-10-25/h3-8,15-16,24H,2,9-14,17H2,1H3,(H,23,26). The minimum absolute atomic E-state index is 0.0673. The Kier molecular flexibility index (Phi) is 8.42. The van der Waals surface area contributed by atoms with Crippen LogP contribution in [0.2, 0.25) is 0 Å². The van der Waals surface area contributed by atoms with Crippen LogP contribution in [0.4, 0.5) is 0 Å². The van der Waals surface area contributed by atoms with Gasteiger partial charge < -0.3 is 14.8 Å². The van der Waals surface area contributed by atoms with E-state index in [1.807, 2.05) is 24.3 Å². The first-order chi connectivity index (χ1) is 15.0. The summed E-state index contributed by atoms with van der Waals surface area (Å²) in [5.41, 5.74) is 1.19. The van der Waals surface area contributed by atoms with Crippen molar-refractivity contribution in [3.8, 4) is 5.75 Å². The molecule has 1 aliphatic rings. The van der Waals surface area contributed by atoms with E-state index < -0.39 is 10.0 Å². The van der Waals surface area contributed by atoms with Crippen molar-refractivity contribution < 1.29 is 22.7 Å². The summed E-state index contributed by atoms with van der Waals surface area (Å²) in [6.07, 6.45) is 0. The molecular formula is C22H29N3O5S. The molecular weight excluding hydrogens is 418 g/mol. The summed E-state index contributed by atoms with van der Waals surface area (Å²) in [5.74, 6) is 0.408. The third kappa shape index (κ3) is 7.03. The predicted molar refractivity (Wildman–Crippen MR) is 118 cm³/mol. The molecule has 2 aromatic carbocycles. The van der Waals surface area contributed by atoms with Gasteiger partial charge in [-0.15, -0.1) is 0 Å². The number of sulfonamides is 1. The summed E-state index contributed by atoms with van der Waals surface area (Å²) in [7, 11) is -3.61. The number of rotatable bonds is 10. The van der Waals surface area contributed by atoms with Crippen LogP contribution in [-0.4, -0.2) is 65.2 Å². The monoisotopic (exact) mass is 447 g/mol. The van der Waals surface area contributed by atoms with Crippen molar-refractivity contribution in [1.29, 1.82) is 0 Å². The maximum Gasteiger partial charge on any atom is 0.251 e. The van der Waals surface area contributed by atoms with E-state index in [9.17, 15) is 13.2 Å². The minimum Gasteiger partial charge on any atom is -0.492 e. The first kappa shape index (κ1) is 23.2. The van der Waals surface area contributed by atoms with E-state index >= 15 is 0 Å². The van der Waals surface area contributed by atoms with Crippen LogP contribution < -0.4 is 14.8 Å². The molecule has 31 heavy (non-hydrogen) atoms. The number of nitrogens with zero attached hydrogens (tertiary/aromatic N) is 1. The lowest BCUT2D eigenvalue weighted by Gasteiger charge is -2.26. The minimum atomic E-state index is -3.61. The van der Waals surface area contributed by atoms with Gasteiger partial charge in [0.15, 0.2) is 0 Å². The van der Waals surface area contributed by atoms with Crippen LogP contribution in [0.1, 0.15) is 22.8 Å². The molecule has 1 heterocycles. The first-order valence-electron chi connectivity index (χ1n) is 10.4. The molecule has 1 amide bonds. The van der Waals surface area contributed by atoms with Crippen LogP contribution in [0.3, 0.4) is 0 Å². The molecule has 2 aromatic rings. The van der Waals surface area contributed by atoms with Gasteiger partial charge in [-0.25, -0.2) is 13.1 Å². The topological polar surface area (TPSA) is 97.0 Å². The molecule has 0 bridgehead atoms. The third-order valence-corrected chi connectivity index (χ3v) is 6.42. The molecule has 0 saturated carbocycles. The fourth-order valence-corrected chi connectivity index (χ4v) is 4.31. The lowest BCUT2D eigenvalue weighted by atomic mass is 10.2. The number of benzene rings is 2. The van der Waals surface area contributed by atoms with Gasteiger partial charge in [0.05, 0.1) is 18.1 Å². The molecule has 0 unspecified atom stereocenters. The van der Waals surface area contributed by atoms with Crippen molar-refractivity contribution in [2.75, 3.05) is 46.0 Å². The highest BCUT2D eigenvalue weighted by Crippen LogP contribution is 2.15. The van der Waals surface area contributed by atoms with E-state index in [1.54, 1.807) is 19.1 Å². The second-order valence-electron chi connectivity index (χ2n) is 7.16. The lowest BCUT2D eigenvalue weighted by molar-refractivity contribution is 0.0322. The van der Waals surface area contributed by atoms with Gasteiger partial charge in [0, 0.05) is 38.3 Å². The fourth-order valence-electron chi connectivity index (χ4n) is 3.22. The Morgan fingerprint density at radius 2 is 1.90 bits per heavy atom. The number of amides is 1. The van der Waals surface area contributed by atoms with Crippen LogP contribution >= 0.6 is 0 Å². The zero-order valence-corrected chi connectivity index (χ0v) is 18.5. The largest absolute Gasteiger partial charge is 0.492 e. The van der Waals surface area contributed by atoms with Crippen molar-refractivity contribution in [3.05, 3.63) is 59.7 Å². The summed E-state index contributed by atoms with van der Waals surface area (Å²) in [4.78, 5) is 14.9. The maximum atomic E-state index is 12.5. The first-order valence-corrected chi connectivity index (χ1v) is 11.9. The zero-order valence-electron chi connectivity index (χ0n) is 17.7. The summed E-state index contributed by atoms with van der Waals surface area (Å²) in [6, 6.07) is 13.6. The zero-order chi connectivity index (χ0) is 22.1. The summed E-state index contributed by atoms with van der Waals surface area (Å²) < 4.78 is 37.9. The lowest BCUT2D eigenvalue weighted by Crippen LogP contribution is -2.38. The van der Waals surface area contributed by atoms with E-state index in [2.05, 4.69) is 14.9 Å². The molecule has 1 aliphatic heterocycles. The highest BCUT2D eigenvalue weighted by atomic mass is 32.2. The quantitative estimate of drug-likeness (QED) is 0.575. The van der Waals surface area contributed by atoms with Gasteiger partial charge in [-0.05, 0) is 35.9 Å². The number of hydrogen-bond donors (Lipinski definition) is 2. The fraction of sp³-hybridized carbons (Fsp3) is 0.409. The van der Waals surface area contributed by atoms with Crippen molar-refractivity contribution in [2.45, 2.75) is 18.4 Å². The SMILES string of the molecule is CCNS(=O)(=O)c1cccc(C(=O)NCc2cccc(OCCN3CCOCC3)c2)c1. The average Bonchev–Trinajstić information content (AvgIpc) is 2.78. The van der Waals surface area contributed by atoms with Crippen LogP contribution in [0.5, 0.6) is 5.75 Å². The molecule has 0 aliphatic carbocycles. The smallest absolute Gasteiger partial charge is 0.251 e. The Labute approximate surface area is 183 Å². The Hall–Kier alpha value is -2.46. The molecule has 3 rings (SSSR count). The number of hydrogen-bond acceptors (Lipinski definition) is 6. The second-order valence-corrected chi connectivity index (χ2v) is 8.93. The second kappa shape index (κ2) is 11.2. The van der Waals surface area contributed by atoms with E-state index in [1.165, 1.54) is 12.1 Å². The van der Waals surface area contributed by atoms with Crippen LogP contribution in [0.15, 0.2) is 53.4 Å². The van der Waals surface area contributed by atoms with Crippen LogP contribution in [-0.2, 0) is 21.3 Å². The highest BCUT2D eigenvalue weighted by molar-refractivity contribution is 7.89. The van der Waals surface area contributed by atoms with E-state index in [4.69, 9.17) is 9.47 Å². The van der Waals surface area contributed by atoms with Crippen molar-refractivity contribution in [2.24, 2.45) is 0 Å². The molecule has 8 nitrogen and oxygen atoms in total. The van der Waals surface area contributed by atoms with E-state index in [0.29, 0.717) is 13.2 Å². The molecule has 0 aromatic heterocycles. The van der Waals surface area contributed by atoms with Crippen molar-refractivity contribution >= 4 is 15.9 Å². The van der Waals surface area contributed by atoms with Gasteiger partial charge in [-0.1, -0.05) is 25.1 Å². The van der Waals surface area contributed by atoms with Crippen LogP contribution in [0.25, 0.3) is 0 Å². The molecule has 0 spiro atoms. The van der Waals surface area contributed by atoms with Gasteiger partial charge in [-0.2, -0.15) is 0 Å². The summed E-state index contributed by atoms with van der Waals surface area (Å²) >= 11 is 0. The predicted octanol–water partition coefficient (Wildman–Crippen LogP) is 1.63. The Bertz CT molecular complexity index is 975. The number of morpholine rings is 1. The molecule has 0 radical (unpaired) electrons. The van der Waals surface area contributed by atoms with Gasteiger partial charge >= 0.3 is 0 Å². The summed E-state index contributed by atoms with van der Waals surface area (Å²) in [6.45, 7) is 7.10. The molecule has 0 atom stereocenters. The van der Waals surface area contributed by atoms with E-state index in [0.717, 1.165) is 44.2 Å². The Morgan fingerprint density at radius 1 is 1.13 bits per heavy atom.